The topological polar surface area (TPSA) is 27.7 Å². The zero-order valence-electron chi connectivity index (χ0n) is 10.4. The molecule has 0 amide bonds. The van der Waals surface area contributed by atoms with Crippen molar-refractivity contribution in [2.45, 2.75) is 31.7 Å². The second-order valence-corrected chi connectivity index (χ2v) is 5.82. The van der Waals surface area contributed by atoms with E-state index in [1.807, 2.05) is 12.1 Å². The van der Waals surface area contributed by atoms with Gasteiger partial charge in [-0.15, -0.1) is 0 Å². The monoisotopic (exact) mass is 310 g/mol. The average Bonchev–Trinajstić information content (AvgIpc) is 2.90. The lowest BCUT2D eigenvalue weighted by atomic mass is 9.98. The van der Waals surface area contributed by atoms with Crippen molar-refractivity contribution in [2.24, 2.45) is 0 Å². The lowest BCUT2D eigenvalue weighted by molar-refractivity contribution is -0.127. The van der Waals surface area contributed by atoms with E-state index in [2.05, 4.69) is 35.8 Å². The third kappa shape index (κ3) is 1.79. The van der Waals surface area contributed by atoms with Crippen LogP contribution in [0.5, 0.6) is 5.75 Å². The van der Waals surface area contributed by atoms with Crippen LogP contribution < -0.4 is 4.74 Å². The Morgan fingerprint density at radius 2 is 1.94 bits per heavy atom. The molecule has 0 saturated heterocycles. The third-order valence-corrected chi connectivity index (χ3v) is 3.99. The van der Waals surface area contributed by atoms with E-state index in [0.717, 1.165) is 17.7 Å². The van der Waals surface area contributed by atoms with Gasteiger partial charge in [0.15, 0.2) is 0 Å². The summed E-state index contributed by atoms with van der Waals surface area (Å²) >= 11 is 3.45. The fourth-order valence-corrected chi connectivity index (χ4v) is 3.01. The highest BCUT2D eigenvalue weighted by Crippen LogP contribution is 2.40. The molecular formula is C14H15BrO3. The summed E-state index contributed by atoms with van der Waals surface area (Å²) < 4.78 is 17.1. The number of rotatable bonds is 2. The van der Waals surface area contributed by atoms with E-state index in [1.165, 1.54) is 5.56 Å². The van der Waals surface area contributed by atoms with E-state index in [1.54, 1.807) is 12.5 Å². The normalized spacial score (nSPS) is 21.9. The van der Waals surface area contributed by atoms with E-state index in [9.17, 15) is 0 Å². The van der Waals surface area contributed by atoms with E-state index in [0.29, 0.717) is 5.33 Å². The first-order valence-electron chi connectivity index (χ1n) is 5.94. The van der Waals surface area contributed by atoms with Crippen LogP contribution in [0.3, 0.4) is 0 Å². The molecule has 3 nitrogen and oxygen atoms in total. The maximum Gasteiger partial charge on any atom is 0.286 e. The molecule has 2 aliphatic heterocycles. The summed E-state index contributed by atoms with van der Waals surface area (Å²) in [6, 6.07) is 6.10. The maximum absolute atomic E-state index is 5.87. The lowest BCUT2D eigenvalue weighted by Crippen LogP contribution is -2.28. The summed E-state index contributed by atoms with van der Waals surface area (Å²) in [6.45, 7) is 4.19. The predicted molar refractivity (Wildman–Crippen MR) is 71.6 cm³/mol. The molecule has 0 N–H and O–H groups in total. The molecule has 0 radical (unpaired) electrons. The Labute approximate surface area is 115 Å². The van der Waals surface area contributed by atoms with Crippen LogP contribution in [0.2, 0.25) is 0 Å². The van der Waals surface area contributed by atoms with Gasteiger partial charge < -0.3 is 14.2 Å². The van der Waals surface area contributed by atoms with Crippen LogP contribution in [-0.4, -0.2) is 10.9 Å². The first kappa shape index (κ1) is 11.9. The molecule has 4 heteroatoms. The summed E-state index contributed by atoms with van der Waals surface area (Å²) in [4.78, 5) is 0. The second kappa shape index (κ2) is 3.92. The van der Waals surface area contributed by atoms with Gasteiger partial charge in [-0.05, 0) is 37.6 Å². The zero-order chi connectivity index (χ0) is 12.8. The van der Waals surface area contributed by atoms with Gasteiger partial charge in [-0.3, -0.25) is 0 Å². The predicted octanol–water partition coefficient (Wildman–Crippen LogP) is 3.47. The van der Waals surface area contributed by atoms with Crippen molar-refractivity contribution in [3.8, 4) is 5.75 Å². The first-order valence-corrected chi connectivity index (χ1v) is 7.06. The van der Waals surface area contributed by atoms with Crippen LogP contribution in [0.4, 0.5) is 0 Å². The van der Waals surface area contributed by atoms with Gasteiger partial charge in [0.25, 0.3) is 5.79 Å². The number of fused-ring (bicyclic) bond motifs is 1. The molecule has 96 valence electrons. The number of hydrogen-bond donors (Lipinski definition) is 0. The Bertz CT molecular complexity index is 500. The minimum Gasteiger partial charge on any atom is -0.487 e. The van der Waals surface area contributed by atoms with Crippen LogP contribution in [0.25, 0.3) is 0 Å². The van der Waals surface area contributed by atoms with Gasteiger partial charge in [-0.2, -0.15) is 0 Å². The highest BCUT2D eigenvalue weighted by atomic mass is 79.9. The highest BCUT2D eigenvalue weighted by Gasteiger charge is 2.39. The molecule has 1 aromatic carbocycles. The molecule has 0 saturated carbocycles. The van der Waals surface area contributed by atoms with Gasteiger partial charge in [-0.1, -0.05) is 15.9 Å². The molecule has 0 aromatic heterocycles. The summed E-state index contributed by atoms with van der Waals surface area (Å²) in [5.41, 5.74) is 2.08. The number of ether oxygens (including phenoxy) is 3. The van der Waals surface area contributed by atoms with Crippen LogP contribution in [0, 0.1) is 0 Å². The molecule has 0 spiro atoms. The SMILES string of the molecule is CC1(C)Cc2cc(C3(CBr)OC=CO3)ccc2O1. The van der Waals surface area contributed by atoms with E-state index in [-0.39, 0.29) is 5.60 Å². The Morgan fingerprint density at radius 3 is 2.61 bits per heavy atom. The number of alkyl halides is 1. The Balaban J connectivity index is 1.97. The van der Waals surface area contributed by atoms with Gasteiger partial charge in [0.05, 0.1) is 5.33 Å². The van der Waals surface area contributed by atoms with Crippen molar-refractivity contribution in [3.63, 3.8) is 0 Å². The number of hydrogen-bond acceptors (Lipinski definition) is 3. The lowest BCUT2D eigenvalue weighted by Gasteiger charge is -2.26. The minimum atomic E-state index is -0.734. The van der Waals surface area contributed by atoms with Crippen LogP contribution in [0.15, 0.2) is 30.7 Å². The smallest absolute Gasteiger partial charge is 0.286 e. The Morgan fingerprint density at radius 1 is 1.22 bits per heavy atom. The largest absolute Gasteiger partial charge is 0.487 e. The van der Waals surface area contributed by atoms with Crippen molar-refractivity contribution in [1.82, 2.24) is 0 Å². The quantitative estimate of drug-likeness (QED) is 0.783. The van der Waals surface area contributed by atoms with Gasteiger partial charge in [0.1, 0.15) is 23.9 Å². The Kier molecular flexibility index (Phi) is 2.59. The fourth-order valence-electron chi connectivity index (χ4n) is 2.43. The molecule has 0 fully saturated rings. The fraction of sp³-hybridized carbons (Fsp3) is 0.429. The van der Waals surface area contributed by atoms with E-state index >= 15 is 0 Å². The van der Waals surface area contributed by atoms with Crippen LogP contribution in [-0.2, 0) is 21.7 Å². The number of halogens is 1. The molecule has 0 aliphatic carbocycles. The van der Waals surface area contributed by atoms with Gasteiger partial charge in [0, 0.05) is 12.0 Å². The maximum atomic E-state index is 5.87. The summed E-state index contributed by atoms with van der Waals surface area (Å²) in [7, 11) is 0. The molecule has 2 aliphatic rings. The molecule has 18 heavy (non-hydrogen) atoms. The summed E-state index contributed by atoms with van der Waals surface area (Å²) in [5.74, 6) is 0.223. The second-order valence-electron chi connectivity index (χ2n) is 5.26. The first-order chi connectivity index (χ1) is 8.55. The molecule has 2 heterocycles. The molecular weight excluding hydrogens is 296 g/mol. The summed E-state index contributed by atoms with van der Waals surface area (Å²) in [6.07, 6.45) is 4.06. The van der Waals surface area contributed by atoms with Gasteiger partial charge >= 0.3 is 0 Å². The van der Waals surface area contributed by atoms with Crippen molar-refractivity contribution >= 4 is 15.9 Å². The molecule has 1 aromatic rings. The molecule has 0 unspecified atom stereocenters. The van der Waals surface area contributed by atoms with E-state index in [4.69, 9.17) is 14.2 Å². The molecule has 0 bridgehead atoms. The van der Waals surface area contributed by atoms with Crippen molar-refractivity contribution in [2.75, 3.05) is 5.33 Å². The van der Waals surface area contributed by atoms with Gasteiger partial charge in [0.2, 0.25) is 0 Å². The van der Waals surface area contributed by atoms with Crippen molar-refractivity contribution in [1.29, 1.82) is 0 Å². The standard InChI is InChI=1S/C14H15BrO3/c1-13(2)8-10-7-11(3-4-12(10)18-13)14(9-15)16-5-6-17-14/h3-7H,8-9H2,1-2H3. The van der Waals surface area contributed by atoms with Crippen LogP contribution >= 0.6 is 15.9 Å². The zero-order valence-corrected chi connectivity index (χ0v) is 12.0. The molecule has 0 atom stereocenters. The molecule has 3 rings (SSSR count). The average molecular weight is 311 g/mol. The van der Waals surface area contributed by atoms with E-state index < -0.39 is 5.79 Å². The highest BCUT2D eigenvalue weighted by molar-refractivity contribution is 9.09. The van der Waals surface area contributed by atoms with Gasteiger partial charge in [-0.25, -0.2) is 0 Å². The van der Waals surface area contributed by atoms with Crippen molar-refractivity contribution < 1.29 is 14.2 Å². The summed E-state index contributed by atoms with van der Waals surface area (Å²) in [5, 5.41) is 0.579. The minimum absolute atomic E-state index is 0.127. The van der Waals surface area contributed by atoms with Crippen molar-refractivity contribution in [3.05, 3.63) is 41.9 Å². The third-order valence-electron chi connectivity index (χ3n) is 3.25. The number of benzene rings is 1. The Hall–Kier alpha value is -1.16. The van der Waals surface area contributed by atoms with Crippen LogP contribution in [0.1, 0.15) is 25.0 Å².